The Bertz CT molecular complexity index is 300. The van der Waals surface area contributed by atoms with Crippen LogP contribution in [0.15, 0.2) is 24.4 Å². The molecule has 5 heteroatoms. The maximum absolute atomic E-state index is 11.0. The van der Waals surface area contributed by atoms with E-state index in [1.165, 1.54) is 0 Å². The predicted molar refractivity (Wildman–Crippen MR) is 51.4 cm³/mol. The van der Waals surface area contributed by atoms with Crippen molar-refractivity contribution < 1.29 is 9.59 Å². The normalized spacial score (nSPS) is 9.14. The molecule has 0 fully saturated rings. The molecule has 1 aromatic rings. The Morgan fingerprint density at radius 3 is 3.00 bits per heavy atom. The summed E-state index contributed by atoms with van der Waals surface area (Å²) >= 11 is 0. The van der Waals surface area contributed by atoms with Gasteiger partial charge in [-0.25, -0.2) is 4.98 Å². The number of aromatic nitrogens is 1. The molecule has 0 aliphatic rings. The van der Waals surface area contributed by atoms with E-state index >= 15 is 0 Å². The van der Waals surface area contributed by atoms with Crippen LogP contribution in [-0.2, 0) is 9.59 Å². The number of hydrogen-bond donors (Lipinski definition) is 2. The van der Waals surface area contributed by atoms with Gasteiger partial charge in [0, 0.05) is 6.20 Å². The largest absolute Gasteiger partial charge is 0.361 e. The van der Waals surface area contributed by atoms with E-state index in [4.69, 9.17) is 0 Å². The van der Waals surface area contributed by atoms with E-state index < -0.39 is 0 Å². The molecule has 1 heterocycles. The monoisotopic (exact) mass is 192 g/mol. The topological polar surface area (TPSA) is 71.1 Å². The van der Waals surface area contributed by atoms with E-state index in [-0.39, 0.29) is 19.0 Å². The SMILES string of the molecule is O=[C]CNC(=O)CNc1ccccn1. The number of nitrogens with one attached hydrogen (secondary N) is 2. The van der Waals surface area contributed by atoms with Crippen molar-refractivity contribution in [2.75, 3.05) is 18.4 Å². The summed E-state index contributed by atoms with van der Waals surface area (Å²) in [5.41, 5.74) is 0. The number of rotatable bonds is 5. The summed E-state index contributed by atoms with van der Waals surface area (Å²) in [5, 5.41) is 5.15. The summed E-state index contributed by atoms with van der Waals surface area (Å²) in [5.74, 6) is 0.358. The second-order valence-electron chi connectivity index (χ2n) is 2.49. The molecule has 1 aromatic heterocycles. The van der Waals surface area contributed by atoms with Gasteiger partial charge in [0.25, 0.3) is 0 Å². The van der Waals surface area contributed by atoms with Crippen LogP contribution in [0.4, 0.5) is 5.82 Å². The van der Waals surface area contributed by atoms with Gasteiger partial charge in [-0.05, 0) is 12.1 Å². The van der Waals surface area contributed by atoms with Crippen molar-refractivity contribution in [3.05, 3.63) is 24.4 Å². The second-order valence-corrected chi connectivity index (χ2v) is 2.49. The Balaban J connectivity index is 2.27. The number of carbonyl (C=O) groups is 1. The van der Waals surface area contributed by atoms with Gasteiger partial charge in [-0.1, -0.05) is 6.07 Å². The number of nitrogens with zero attached hydrogens (tertiary/aromatic N) is 1. The highest BCUT2D eigenvalue weighted by Gasteiger charge is 1.99. The first-order valence-corrected chi connectivity index (χ1v) is 4.09. The van der Waals surface area contributed by atoms with Gasteiger partial charge in [-0.3, -0.25) is 9.59 Å². The Labute approximate surface area is 81.5 Å². The van der Waals surface area contributed by atoms with E-state index in [0.717, 1.165) is 0 Å². The first-order chi connectivity index (χ1) is 6.83. The molecule has 0 aromatic carbocycles. The third kappa shape index (κ3) is 3.66. The number of anilines is 1. The first kappa shape index (κ1) is 10.2. The zero-order chi connectivity index (χ0) is 10.2. The summed E-state index contributed by atoms with van der Waals surface area (Å²) in [4.78, 5) is 24.8. The van der Waals surface area contributed by atoms with E-state index in [1.54, 1.807) is 24.6 Å². The highest BCUT2D eigenvalue weighted by atomic mass is 16.2. The van der Waals surface area contributed by atoms with Crippen molar-refractivity contribution in [3.8, 4) is 0 Å². The molecule has 0 unspecified atom stereocenters. The molecule has 0 saturated carbocycles. The molecule has 0 aliphatic carbocycles. The minimum atomic E-state index is -0.265. The van der Waals surface area contributed by atoms with Gasteiger partial charge in [0.05, 0.1) is 13.1 Å². The van der Waals surface area contributed by atoms with Crippen LogP contribution in [0.1, 0.15) is 0 Å². The molecular weight excluding hydrogens is 182 g/mol. The van der Waals surface area contributed by atoms with Gasteiger partial charge in [0.15, 0.2) is 0 Å². The molecule has 2 N–H and O–H groups in total. The molecule has 1 radical (unpaired) electrons. The lowest BCUT2D eigenvalue weighted by atomic mass is 10.4. The van der Waals surface area contributed by atoms with Crippen molar-refractivity contribution in [2.45, 2.75) is 0 Å². The molecule has 0 spiro atoms. The average Bonchev–Trinajstić information content (AvgIpc) is 2.25. The Morgan fingerprint density at radius 2 is 2.36 bits per heavy atom. The summed E-state index contributed by atoms with van der Waals surface area (Å²) in [6.07, 6.45) is 3.20. The molecule has 1 amide bonds. The number of amides is 1. The van der Waals surface area contributed by atoms with Gasteiger partial charge >= 0.3 is 0 Å². The maximum atomic E-state index is 11.0. The Morgan fingerprint density at radius 1 is 1.50 bits per heavy atom. The lowest BCUT2D eigenvalue weighted by Gasteiger charge is -2.03. The van der Waals surface area contributed by atoms with Crippen LogP contribution >= 0.6 is 0 Å². The fraction of sp³-hybridized carbons (Fsp3) is 0.222. The molecule has 0 saturated heterocycles. The molecule has 0 bridgehead atoms. The standard InChI is InChI=1S/C9H10N3O2/c13-6-5-11-9(14)7-12-8-3-1-2-4-10-8/h1-4H,5,7H2,(H,10,12)(H,11,14). The highest BCUT2D eigenvalue weighted by molar-refractivity contribution is 5.82. The minimum Gasteiger partial charge on any atom is -0.361 e. The van der Waals surface area contributed by atoms with E-state index in [2.05, 4.69) is 15.6 Å². The van der Waals surface area contributed by atoms with Crippen LogP contribution < -0.4 is 10.6 Å². The van der Waals surface area contributed by atoms with Gasteiger partial charge < -0.3 is 10.6 Å². The quantitative estimate of drug-likeness (QED) is 0.673. The lowest BCUT2D eigenvalue weighted by molar-refractivity contribution is -0.119. The van der Waals surface area contributed by atoms with Crippen LogP contribution in [0, 0.1) is 0 Å². The van der Waals surface area contributed by atoms with Crippen LogP contribution in [0.25, 0.3) is 0 Å². The second kappa shape index (κ2) is 5.69. The van der Waals surface area contributed by atoms with Crippen LogP contribution in [0.5, 0.6) is 0 Å². The third-order valence-electron chi connectivity index (χ3n) is 1.45. The van der Waals surface area contributed by atoms with Crippen molar-refractivity contribution in [3.63, 3.8) is 0 Å². The molecule has 0 aliphatic heterocycles. The lowest BCUT2D eigenvalue weighted by Crippen LogP contribution is -2.31. The Kier molecular flexibility index (Phi) is 4.13. The molecular formula is C9H10N3O2. The van der Waals surface area contributed by atoms with E-state index in [9.17, 15) is 9.59 Å². The minimum absolute atomic E-state index is 0.0806. The smallest absolute Gasteiger partial charge is 0.239 e. The molecule has 73 valence electrons. The average molecular weight is 192 g/mol. The highest BCUT2D eigenvalue weighted by Crippen LogP contribution is 1.97. The van der Waals surface area contributed by atoms with Crippen molar-refractivity contribution in [1.29, 1.82) is 0 Å². The van der Waals surface area contributed by atoms with Gasteiger partial charge in [0.2, 0.25) is 12.2 Å². The fourth-order valence-electron chi connectivity index (χ4n) is 0.835. The zero-order valence-electron chi connectivity index (χ0n) is 7.49. The summed E-state index contributed by atoms with van der Waals surface area (Å²) < 4.78 is 0. The number of carbonyl (C=O) groups excluding carboxylic acids is 2. The number of hydrogen-bond acceptors (Lipinski definition) is 4. The predicted octanol–water partition coefficient (Wildman–Crippen LogP) is -0.281. The number of pyridine rings is 1. The van der Waals surface area contributed by atoms with Gasteiger partial charge in [0.1, 0.15) is 5.82 Å². The first-order valence-electron chi connectivity index (χ1n) is 4.09. The van der Waals surface area contributed by atoms with Gasteiger partial charge in [-0.15, -0.1) is 0 Å². The van der Waals surface area contributed by atoms with E-state index in [1.807, 2.05) is 6.07 Å². The molecule has 0 atom stereocenters. The zero-order valence-corrected chi connectivity index (χ0v) is 7.49. The fourth-order valence-corrected chi connectivity index (χ4v) is 0.835. The van der Waals surface area contributed by atoms with Crippen molar-refractivity contribution in [1.82, 2.24) is 10.3 Å². The third-order valence-corrected chi connectivity index (χ3v) is 1.45. The summed E-state index contributed by atoms with van der Waals surface area (Å²) in [6.45, 7) is 0.0153. The van der Waals surface area contributed by atoms with Crippen LogP contribution in [0.2, 0.25) is 0 Å². The Hall–Kier alpha value is -1.91. The van der Waals surface area contributed by atoms with Crippen molar-refractivity contribution >= 4 is 18.0 Å². The summed E-state index contributed by atoms with van der Waals surface area (Å²) in [7, 11) is 0. The van der Waals surface area contributed by atoms with Gasteiger partial charge in [-0.2, -0.15) is 0 Å². The van der Waals surface area contributed by atoms with Crippen molar-refractivity contribution in [2.24, 2.45) is 0 Å². The molecule has 5 nitrogen and oxygen atoms in total. The van der Waals surface area contributed by atoms with Crippen LogP contribution in [-0.4, -0.2) is 30.3 Å². The van der Waals surface area contributed by atoms with Crippen LogP contribution in [0.3, 0.4) is 0 Å². The van der Waals surface area contributed by atoms with E-state index in [0.29, 0.717) is 5.82 Å². The summed E-state index contributed by atoms with van der Waals surface area (Å²) in [6, 6.07) is 5.35. The molecule has 1 rings (SSSR count). The maximum Gasteiger partial charge on any atom is 0.239 e. The molecule has 14 heavy (non-hydrogen) atoms.